The topological polar surface area (TPSA) is 359 Å². The van der Waals surface area contributed by atoms with Gasteiger partial charge in [-0.15, -0.1) is 0 Å². The van der Waals surface area contributed by atoms with Crippen LogP contribution in [0, 0.1) is 0 Å². The van der Waals surface area contributed by atoms with E-state index in [1.807, 2.05) is 6.92 Å². The first-order valence-corrected chi connectivity index (χ1v) is 36.1. The van der Waals surface area contributed by atoms with Crippen LogP contribution < -0.4 is 0 Å². The second kappa shape index (κ2) is 41.3. The molecule has 6 saturated heterocycles. The summed E-state index contributed by atoms with van der Waals surface area (Å²) in [7, 11) is 0. The van der Waals surface area contributed by atoms with Crippen molar-refractivity contribution in [3.8, 4) is 0 Å². The molecule has 6 aliphatic heterocycles. The molecule has 26 nitrogen and oxygen atoms in total. The average Bonchev–Trinajstić information content (AvgIpc) is 0.769. The van der Waals surface area contributed by atoms with Crippen molar-refractivity contribution in [3.63, 3.8) is 0 Å². The fourth-order valence-electron chi connectivity index (χ4n) is 13.3. The number of benzene rings is 1. The third-order valence-electron chi connectivity index (χ3n) is 19.1. The summed E-state index contributed by atoms with van der Waals surface area (Å²) in [5.41, 5.74) is 0.656. The zero-order valence-electron chi connectivity index (χ0n) is 57.9. The number of rotatable bonds is 28. The van der Waals surface area contributed by atoms with Crippen LogP contribution in [0.25, 0.3) is 6.08 Å². The van der Waals surface area contributed by atoms with Crippen molar-refractivity contribution in [2.45, 2.75) is 369 Å². The highest BCUT2D eigenvalue weighted by Gasteiger charge is 2.59. The summed E-state index contributed by atoms with van der Waals surface area (Å²) < 4.78 is 89.3. The highest BCUT2D eigenvalue weighted by Crippen LogP contribution is 2.40. The second-order valence-corrected chi connectivity index (χ2v) is 27.0. The number of aliphatic hydroxyl groups is 8. The Bertz CT molecular complexity index is 2470. The predicted octanol–water partition coefficient (Wildman–Crippen LogP) is 6.32. The molecule has 7 rings (SSSR count). The van der Waals surface area contributed by atoms with Crippen molar-refractivity contribution >= 4 is 30.0 Å². The quantitative estimate of drug-likeness (QED) is 0.0197. The number of ether oxygens (including phenoxy) is 14. The van der Waals surface area contributed by atoms with E-state index >= 15 is 0 Å². The van der Waals surface area contributed by atoms with Gasteiger partial charge < -0.3 is 107 Å². The van der Waals surface area contributed by atoms with Gasteiger partial charge in [0.2, 0.25) is 0 Å². The number of fused-ring (bicyclic) bond motifs is 2. The van der Waals surface area contributed by atoms with Gasteiger partial charge in [-0.3, -0.25) is 14.4 Å². The molecule has 1 aromatic rings. The molecule has 26 heteroatoms. The molecule has 0 radical (unpaired) electrons. The lowest BCUT2D eigenvalue weighted by Gasteiger charge is -2.51. The minimum absolute atomic E-state index is 0.0146. The molecule has 1 aromatic carbocycles. The van der Waals surface area contributed by atoms with Crippen molar-refractivity contribution in [2.24, 2.45) is 0 Å². The van der Waals surface area contributed by atoms with Gasteiger partial charge in [-0.2, -0.15) is 0 Å². The summed E-state index contributed by atoms with van der Waals surface area (Å²) in [4.78, 5) is 55.7. The molecule has 0 amide bonds. The lowest BCUT2D eigenvalue weighted by atomic mass is 9.95. The van der Waals surface area contributed by atoms with Crippen LogP contribution >= 0.6 is 0 Å². The van der Waals surface area contributed by atoms with Crippen LogP contribution in [0.1, 0.15) is 215 Å². The predicted molar refractivity (Wildman–Crippen MR) is 347 cm³/mol. The Hall–Kier alpha value is -3.88. The number of carbonyl (C=O) groups is 4. The normalized spacial score (nSPS) is 38.2. The van der Waals surface area contributed by atoms with E-state index in [1.54, 1.807) is 37.3 Å². The van der Waals surface area contributed by atoms with Crippen molar-refractivity contribution in [2.75, 3.05) is 6.61 Å². The van der Waals surface area contributed by atoms with Gasteiger partial charge in [0.1, 0.15) is 73.2 Å². The maximum Gasteiger partial charge on any atom is 0.331 e. The van der Waals surface area contributed by atoms with Gasteiger partial charge in [-0.1, -0.05) is 160 Å². The van der Waals surface area contributed by atoms with E-state index in [0.29, 0.717) is 44.1 Å². The van der Waals surface area contributed by atoms with Crippen LogP contribution in [0.5, 0.6) is 0 Å². The number of aliphatic hydroxyl groups excluding tert-OH is 8. The minimum Gasteiger partial charge on any atom is -0.455 e. The summed E-state index contributed by atoms with van der Waals surface area (Å²) >= 11 is 0. The summed E-state index contributed by atoms with van der Waals surface area (Å²) in [6.07, 6.45) is -20.3. The summed E-state index contributed by atoms with van der Waals surface area (Å²) in [5.74, 6) is -3.09. The van der Waals surface area contributed by atoms with Crippen LogP contribution in [0.15, 0.2) is 36.4 Å². The van der Waals surface area contributed by atoms with E-state index < -0.39 is 184 Å². The zero-order chi connectivity index (χ0) is 70.1. The largest absolute Gasteiger partial charge is 0.455 e. The van der Waals surface area contributed by atoms with E-state index in [-0.39, 0.29) is 25.4 Å². The molecule has 0 spiro atoms. The molecule has 6 fully saturated rings. The van der Waals surface area contributed by atoms with Crippen molar-refractivity contribution in [3.05, 3.63) is 42.0 Å². The molecule has 26 atom stereocenters. The van der Waals surface area contributed by atoms with Gasteiger partial charge >= 0.3 is 23.9 Å². The second-order valence-electron chi connectivity index (χ2n) is 27.0. The van der Waals surface area contributed by atoms with E-state index in [2.05, 4.69) is 13.8 Å². The molecular weight excluding hydrogens is 1270 g/mol. The highest BCUT2D eigenvalue weighted by molar-refractivity contribution is 5.87. The van der Waals surface area contributed by atoms with Gasteiger partial charge in [0.05, 0.1) is 37.1 Å². The molecule has 8 N–H and O–H groups in total. The Morgan fingerprint density at radius 3 is 1.71 bits per heavy atom. The summed E-state index contributed by atoms with van der Waals surface area (Å²) in [5, 5.41) is 92.5. The molecular formula is C71H114O26. The molecule has 0 aromatic heterocycles. The average molecular weight is 1380 g/mol. The van der Waals surface area contributed by atoms with Crippen LogP contribution in [0.4, 0.5) is 0 Å². The number of hydrogen-bond acceptors (Lipinski definition) is 26. The lowest BCUT2D eigenvalue weighted by Crippen LogP contribution is -2.68. The molecule has 554 valence electrons. The third-order valence-corrected chi connectivity index (χ3v) is 19.1. The smallest absolute Gasteiger partial charge is 0.331 e. The Morgan fingerprint density at radius 2 is 1.02 bits per heavy atom. The van der Waals surface area contributed by atoms with Gasteiger partial charge in [0.25, 0.3) is 0 Å². The molecule has 6 aliphatic rings. The Kier molecular flexibility index (Phi) is 34.2. The van der Waals surface area contributed by atoms with E-state index in [4.69, 9.17) is 66.3 Å². The molecule has 97 heavy (non-hydrogen) atoms. The fraction of sp³-hybridized carbons (Fsp3) is 0.831. The van der Waals surface area contributed by atoms with Crippen LogP contribution in [0.2, 0.25) is 0 Å². The first-order chi connectivity index (χ1) is 46.7. The van der Waals surface area contributed by atoms with Crippen LogP contribution in [-0.4, -0.2) is 231 Å². The molecule has 0 aliphatic carbocycles. The van der Waals surface area contributed by atoms with Crippen molar-refractivity contribution in [1.29, 1.82) is 0 Å². The van der Waals surface area contributed by atoms with Crippen molar-refractivity contribution < 1.29 is 126 Å². The monoisotopic (exact) mass is 1380 g/mol. The SMILES string of the molecule is CCCCCCCCCC(=O)OC1C(OC2C(C)OC3OC4C(OC(CCCCC)CCCCCCCCCC(=O)OC3C2O)OC(C)C(O)C4O)OC(C)C(OC2OC(C)C(OC(=O)CCCCC)C(OC(=O)C=Cc3ccccc3)C2O)C1OC1OC(CO)C(O)C(O)C1O. The summed E-state index contributed by atoms with van der Waals surface area (Å²) in [6, 6.07) is 8.86. The number of hydrogen-bond donors (Lipinski definition) is 8. The number of esters is 4. The molecule has 0 saturated carbocycles. The van der Waals surface area contributed by atoms with Crippen LogP contribution in [0.3, 0.4) is 0 Å². The fourth-order valence-corrected chi connectivity index (χ4v) is 13.3. The van der Waals surface area contributed by atoms with E-state index in [1.165, 1.54) is 26.8 Å². The first-order valence-electron chi connectivity index (χ1n) is 36.1. The first kappa shape index (κ1) is 80.4. The third kappa shape index (κ3) is 23.6. The Balaban J connectivity index is 1.25. The maximum atomic E-state index is 14.5. The Morgan fingerprint density at radius 1 is 0.474 bits per heavy atom. The highest BCUT2D eigenvalue weighted by atomic mass is 16.8. The van der Waals surface area contributed by atoms with Gasteiger partial charge in [0.15, 0.2) is 55.9 Å². The van der Waals surface area contributed by atoms with Crippen LogP contribution in [-0.2, 0) is 85.5 Å². The molecule has 6 heterocycles. The number of unbranched alkanes of at least 4 members (excludes halogenated alkanes) is 10. The lowest BCUT2D eigenvalue weighted by molar-refractivity contribution is -0.400. The minimum atomic E-state index is -2.05. The maximum absolute atomic E-state index is 14.5. The molecule has 0 bridgehead atoms. The van der Waals surface area contributed by atoms with Crippen molar-refractivity contribution in [1.82, 2.24) is 0 Å². The van der Waals surface area contributed by atoms with E-state index in [0.717, 1.165) is 109 Å². The van der Waals surface area contributed by atoms with Gasteiger partial charge in [0, 0.05) is 25.3 Å². The van der Waals surface area contributed by atoms with Gasteiger partial charge in [-0.25, -0.2) is 4.79 Å². The zero-order valence-corrected chi connectivity index (χ0v) is 57.9. The molecule has 26 unspecified atom stereocenters. The Labute approximate surface area is 571 Å². The summed E-state index contributed by atoms with van der Waals surface area (Å²) in [6.45, 7) is 11.4. The van der Waals surface area contributed by atoms with E-state index in [9.17, 15) is 60.0 Å². The number of carbonyl (C=O) groups excluding carboxylic acids is 4. The standard InChI is InChI=1S/C71H114O26/c1-8-11-14-15-17-21-30-37-50(75)93-66-65(97-67-56(81)54(79)53(78)47(40-72)89-67)61(95-68-58(83)62(91-51(76)39-38-45-31-26-23-27-32-45)60(43(6)85-68)90-48(73)35-25-13-10-3)44(7)87-71(66)94-59-42(5)86-70-64(57(59)82)92-49(74)36-29-22-19-16-18-20-28-34-46(33-24-12-9-2)88-69-63(96-70)55(80)52(77)41(4)84-69/h23,26-27,31-32,38-39,41-44,46-47,52-72,77-83H,8-22,24-25,28-30,33-37,40H2,1-7H3. The van der Waals surface area contributed by atoms with Gasteiger partial charge in [-0.05, 0) is 71.4 Å².